The Bertz CT molecular complexity index is 1200. The molecule has 0 saturated heterocycles. The lowest BCUT2D eigenvalue weighted by Crippen LogP contribution is -2.26. The summed E-state index contributed by atoms with van der Waals surface area (Å²) in [6.07, 6.45) is 2.83. The molecule has 1 heterocycles. The first-order valence-corrected chi connectivity index (χ1v) is 8.91. The largest absolute Gasteiger partial charge is 0.497 e. The molecule has 31 heavy (non-hydrogen) atoms. The number of methoxy groups -OCH3 is 1. The molecule has 0 aliphatic rings. The van der Waals surface area contributed by atoms with E-state index in [0.717, 1.165) is 5.56 Å². The van der Waals surface area contributed by atoms with Gasteiger partial charge in [-0.3, -0.25) is 19.7 Å². The molecular weight excluding hydrogens is 406 g/mol. The third-order valence-electron chi connectivity index (χ3n) is 4.16. The van der Waals surface area contributed by atoms with E-state index in [4.69, 9.17) is 4.74 Å². The summed E-state index contributed by atoms with van der Waals surface area (Å²) < 4.78 is 5.05. The molecule has 2 aromatic carbocycles. The maximum atomic E-state index is 11.9. The van der Waals surface area contributed by atoms with Crippen molar-refractivity contribution < 1.29 is 24.4 Å². The first-order valence-electron chi connectivity index (χ1n) is 8.91. The van der Waals surface area contributed by atoms with Crippen LogP contribution in [0.4, 0.5) is 11.4 Å². The molecule has 0 fully saturated rings. The predicted molar refractivity (Wildman–Crippen MR) is 111 cm³/mol. The third kappa shape index (κ3) is 5.29. The van der Waals surface area contributed by atoms with Crippen molar-refractivity contribution in [3.8, 4) is 11.6 Å². The fourth-order valence-corrected chi connectivity index (χ4v) is 2.62. The van der Waals surface area contributed by atoms with Gasteiger partial charge in [-0.25, -0.2) is 0 Å². The second-order valence-corrected chi connectivity index (χ2v) is 6.23. The van der Waals surface area contributed by atoms with Gasteiger partial charge in [0.25, 0.3) is 11.6 Å². The van der Waals surface area contributed by atoms with Crippen LogP contribution in [0.1, 0.15) is 5.56 Å². The molecule has 3 N–H and O–H groups in total. The highest BCUT2D eigenvalue weighted by atomic mass is 16.6. The molecule has 0 bridgehead atoms. The monoisotopic (exact) mass is 423 g/mol. The number of hydrogen-bond acceptors (Lipinski definition) is 7. The molecule has 158 valence electrons. The van der Waals surface area contributed by atoms with Crippen molar-refractivity contribution in [3.05, 3.63) is 64.2 Å². The maximum Gasteiger partial charge on any atom is 0.283 e. The molecular formula is C20H17N5O6. The molecule has 11 nitrogen and oxygen atoms in total. The van der Waals surface area contributed by atoms with Gasteiger partial charge in [0.05, 0.1) is 17.5 Å². The molecule has 0 aliphatic heterocycles. The number of ether oxygens (including phenoxy) is 1. The van der Waals surface area contributed by atoms with Gasteiger partial charge in [0.15, 0.2) is 5.69 Å². The van der Waals surface area contributed by atoms with Gasteiger partial charge < -0.3 is 20.1 Å². The lowest BCUT2D eigenvalue weighted by molar-refractivity contribution is -0.384. The molecule has 0 radical (unpaired) electrons. The van der Waals surface area contributed by atoms with Crippen LogP contribution < -0.4 is 10.1 Å². The molecule has 11 heteroatoms. The number of benzene rings is 2. The van der Waals surface area contributed by atoms with Crippen molar-refractivity contribution in [2.75, 3.05) is 13.7 Å². The smallest absolute Gasteiger partial charge is 0.283 e. The highest BCUT2D eigenvalue weighted by Crippen LogP contribution is 2.37. The molecule has 0 saturated carbocycles. The van der Waals surface area contributed by atoms with Crippen LogP contribution in [-0.2, 0) is 9.59 Å². The number of amides is 2. The minimum atomic E-state index is -0.773. The van der Waals surface area contributed by atoms with Crippen LogP contribution in [0.15, 0.2) is 58.8 Å². The van der Waals surface area contributed by atoms with Crippen molar-refractivity contribution >= 4 is 40.2 Å². The number of nitro benzene ring substituents is 1. The van der Waals surface area contributed by atoms with Crippen molar-refractivity contribution in [1.82, 2.24) is 10.3 Å². The van der Waals surface area contributed by atoms with Crippen LogP contribution >= 0.6 is 0 Å². The Morgan fingerprint density at radius 3 is 2.68 bits per heavy atom. The minimum absolute atomic E-state index is 0.113. The van der Waals surface area contributed by atoms with Crippen LogP contribution in [0, 0.1) is 10.1 Å². The fraction of sp³-hybridized carbons (Fsp3) is 0.100. The normalized spacial score (nSPS) is 11.3. The van der Waals surface area contributed by atoms with Crippen LogP contribution in [0.5, 0.6) is 11.6 Å². The number of H-pyrrole nitrogens is 1. The number of nitro groups is 1. The van der Waals surface area contributed by atoms with Gasteiger partial charge in [0, 0.05) is 23.6 Å². The van der Waals surface area contributed by atoms with E-state index in [9.17, 15) is 24.8 Å². The lowest BCUT2D eigenvalue weighted by atomic mass is 10.2. The molecule has 0 unspecified atom stereocenters. The Labute approximate surface area is 175 Å². The van der Waals surface area contributed by atoms with Gasteiger partial charge >= 0.3 is 0 Å². The SMILES string of the molecule is COc1ccc(C=CC(=O)NCC(=O)N=Nc2c(O)[nH]c3ccc([N+](=O)[O-])cc23)cc1. The molecule has 2 amide bonds. The number of carbonyl (C=O) groups is 2. The number of aromatic nitrogens is 1. The van der Waals surface area contributed by atoms with Crippen molar-refractivity contribution in [2.24, 2.45) is 10.2 Å². The minimum Gasteiger partial charge on any atom is -0.497 e. The zero-order valence-corrected chi connectivity index (χ0v) is 16.2. The van der Waals surface area contributed by atoms with Crippen molar-refractivity contribution in [3.63, 3.8) is 0 Å². The predicted octanol–water partition coefficient (Wildman–Crippen LogP) is 3.23. The quantitative estimate of drug-likeness (QED) is 0.229. The number of rotatable bonds is 7. The first-order chi connectivity index (χ1) is 14.9. The summed E-state index contributed by atoms with van der Waals surface area (Å²) in [6, 6.07) is 10.9. The summed E-state index contributed by atoms with van der Waals surface area (Å²) in [5.41, 5.74) is 0.843. The number of aromatic hydroxyl groups is 1. The van der Waals surface area contributed by atoms with E-state index in [2.05, 4.69) is 20.5 Å². The van der Waals surface area contributed by atoms with E-state index in [1.807, 2.05) is 0 Å². The number of non-ortho nitro benzene ring substituents is 1. The molecule has 0 spiro atoms. The molecule has 0 atom stereocenters. The molecule has 3 aromatic rings. The summed E-state index contributed by atoms with van der Waals surface area (Å²) in [7, 11) is 1.55. The van der Waals surface area contributed by atoms with Crippen LogP contribution in [0.2, 0.25) is 0 Å². The number of fused-ring (bicyclic) bond motifs is 1. The zero-order chi connectivity index (χ0) is 22.4. The van der Waals surface area contributed by atoms with Gasteiger partial charge in [-0.1, -0.05) is 12.1 Å². The number of carbonyl (C=O) groups excluding carboxylic acids is 2. The van der Waals surface area contributed by atoms with E-state index in [1.165, 1.54) is 24.3 Å². The van der Waals surface area contributed by atoms with E-state index in [1.54, 1.807) is 37.5 Å². The van der Waals surface area contributed by atoms with Crippen LogP contribution in [0.3, 0.4) is 0 Å². The average Bonchev–Trinajstić information content (AvgIpc) is 3.09. The van der Waals surface area contributed by atoms with Crippen molar-refractivity contribution in [1.29, 1.82) is 0 Å². The van der Waals surface area contributed by atoms with Gasteiger partial charge in [0.1, 0.15) is 12.3 Å². The number of hydrogen-bond donors (Lipinski definition) is 3. The summed E-state index contributed by atoms with van der Waals surface area (Å²) in [6.45, 7) is -0.418. The summed E-state index contributed by atoms with van der Waals surface area (Å²) in [5, 5.41) is 30.6. The number of aromatic amines is 1. The second-order valence-electron chi connectivity index (χ2n) is 6.23. The van der Waals surface area contributed by atoms with Gasteiger partial charge in [0.2, 0.25) is 11.8 Å². The highest BCUT2D eigenvalue weighted by Gasteiger charge is 2.15. The van der Waals surface area contributed by atoms with E-state index >= 15 is 0 Å². The Morgan fingerprint density at radius 1 is 1.26 bits per heavy atom. The highest BCUT2D eigenvalue weighted by molar-refractivity contribution is 5.96. The van der Waals surface area contributed by atoms with Crippen LogP contribution in [-0.4, -0.2) is 40.5 Å². The summed E-state index contributed by atoms with van der Waals surface area (Å²) in [4.78, 5) is 36.7. The Balaban J connectivity index is 1.60. The second kappa shape index (κ2) is 9.31. The number of nitrogens with one attached hydrogen (secondary N) is 2. The molecule has 0 aliphatic carbocycles. The summed E-state index contributed by atoms with van der Waals surface area (Å²) in [5.74, 6) is -0.984. The first kappa shape index (κ1) is 21.2. The standard InChI is InChI=1S/C20H17N5O6/c1-31-14-6-2-12(3-7-14)4-9-17(26)21-11-18(27)23-24-19-15-10-13(25(29)30)5-8-16(15)22-20(19)28/h2-10,22,28H,11H2,1H3,(H,21,26). The third-order valence-corrected chi connectivity index (χ3v) is 4.16. The van der Waals surface area contributed by atoms with E-state index in [-0.39, 0.29) is 16.8 Å². The molecule has 1 aromatic heterocycles. The number of azo groups is 1. The number of nitrogens with zero attached hydrogens (tertiary/aromatic N) is 3. The Kier molecular flexibility index (Phi) is 6.36. The average molecular weight is 423 g/mol. The van der Waals surface area contributed by atoms with Crippen LogP contribution in [0.25, 0.3) is 17.0 Å². The fourth-order valence-electron chi connectivity index (χ4n) is 2.62. The Hall–Kier alpha value is -4.54. The van der Waals surface area contributed by atoms with E-state index in [0.29, 0.717) is 11.3 Å². The summed E-state index contributed by atoms with van der Waals surface area (Å²) >= 11 is 0. The molecule has 3 rings (SSSR count). The maximum absolute atomic E-state index is 11.9. The van der Waals surface area contributed by atoms with Crippen molar-refractivity contribution in [2.45, 2.75) is 0 Å². The van der Waals surface area contributed by atoms with Gasteiger partial charge in [-0.2, -0.15) is 0 Å². The zero-order valence-electron chi connectivity index (χ0n) is 16.2. The topological polar surface area (TPSA) is 159 Å². The van der Waals surface area contributed by atoms with E-state index < -0.39 is 29.2 Å². The van der Waals surface area contributed by atoms with Gasteiger partial charge in [-0.15, -0.1) is 10.2 Å². The Morgan fingerprint density at radius 2 is 2.00 bits per heavy atom. The lowest BCUT2D eigenvalue weighted by Gasteiger charge is -1.99. The van der Waals surface area contributed by atoms with Gasteiger partial charge in [-0.05, 0) is 29.8 Å².